The fourth-order valence-electron chi connectivity index (χ4n) is 2.28. The Morgan fingerprint density at radius 2 is 1.65 bits per heavy atom. The summed E-state index contributed by atoms with van der Waals surface area (Å²) in [7, 11) is 0. The molecule has 0 aliphatic carbocycles. The van der Waals surface area contributed by atoms with Gasteiger partial charge in [-0.1, -0.05) is 0 Å². The summed E-state index contributed by atoms with van der Waals surface area (Å²) in [5, 5.41) is 0. The maximum Gasteiger partial charge on any atom is 0.193 e. The van der Waals surface area contributed by atoms with E-state index in [0.717, 1.165) is 5.75 Å². The molecule has 3 heteroatoms. The van der Waals surface area contributed by atoms with E-state index in [1.54, 1.807) is 38.1 Å². The van der Waals surface area contributed by atoms with Gasteiger partial charge in [-0.2, -0.15) is 0 Å². The van der Waals surface area contributed by atoms with Crippen LogP contribution in [0, 0.1) is 19.7 Å². The Morgan fingerprint density at radius 1 is 1.10 bits per heavy atom. The first-order chi connectivity index (χ1) is 9.52. The van der Waals surface area contributed by atoms with Gasteiger partial charge in [0.2, 0.25) is 0 Å². The molecule has 2 rings (SSSR count). The van der Waals surface area contributed by atoms with Crippen molar-refractivity contribution in [2.75, 3.05) is 6.61 Å². The van der Waals surface area contributed by atoms with E-state index in [0.29, 0.717) is 28.9 Å². The van der Waals surface area contributed by atoms with Crippen molar-refractivity contribution < 1.29 is 13.9 Å². The summed E-state index contributed by atoms with van der Waals surface area (Å²) in [4.78, 5) is 12.5. The molecule has 2 aromatic rings. The Labute approximate surface area is 118 Å². The van der Waals surface area contributed by atoms with Gasteiger partial charge >= 0.3 is 0 Å². The van der Waals surface area contributed by atoms with Crippen molar-refractivity contribution in [1.82, 2.24) is 0 Å². The zero-order valence-electron chi connectivity index (χ0n) is 11.9. The van der Waals surface area contributed by atoms with Gasteiger partial charge in [-0.3, -0.25) is 4.79 Å². The minimum absolute atomic E-state index is 0.0944. The van der Waals surface area contributed by atoms with Crippen LogP contribution < -0.4 is 4.74 Å². The highest BCUT2D eigenvalue weighted by atomic mass is 19.1. The molecule has 0 bridgehead atoms. The normalized spacial score (nSPS) is 10.4. The van der Waals surface area contributed by atoms with E-state index in [2.05, 4.69) is 0 Å². The Hall–Kier alpha value is -2.16. The van der Waals surface area contributed by atoms with Crippen LogP contribution in [-0.4, -0.2) is 12.4 Å². The third-order valence-electron chi connectivity index (χ3n) is 3.15. The molecule has 0 atom stereocenters. The first-order valence-electron chi connectivity index (χ1n) is 6.57. The molecule has 0 amide bonds. The summed E-state index contributed by atoms with van der Waals surface area (Å²) in [5.74, 6) is 0.322. The zero-order valence-corrected chi connectivity index (χ0v) is 11.9. The first-order valence-corrected chi connectivity index (χ1v) is 6.57. The van der Waals surface area contributed by atoms with Crippen molar-refractivity contribution in [3.05, 3.63) is 64.5 Å². The zero-order chi connectivity index (χ0) is 14.7. The second kappa shape index (κ2) is 5.87. The summed E-state index contributed by atoms with van der Waals surface area (Å²) < 4.78 is 18.6. The van der Waals surface area contributed by atoms with Gasteiger partial charge in [0, 0.05) is 11.1 Å². The molecule has 104 valence electrons. The number of halogens is 1. The van der Waals surface area contributed by atoms with E-state index >= 15 is 0 Å². The highest BCUT2D eigenvalue weighted by molar-refractivity contribution is 6.10. The molecule has 0 saturated heterocycles. The van der Waals surface area contributed by atoms with Crippen molar-refractivity contribution in [3.8, 4) is 5.75 Å². The standard InChI is InChI=1S/C17H17FO2/c1-4-20-15-7-5-13(6-8-15)17(19)16-11(2)9-14(18)10-12(16)3/h5-10H,4H2,1-3H3. The molecule has 0 spiro atoms. The van der Waals surface area contributed by atoms with E-state index in [1.807, 2.05) is 6.92 Å². The molecule has 0 aliphatic heterocycles. The molecule has 2 nitrogen and oxygen atoms in total. The monoisotopic (exact) mass is 272 g/mol. The minimum atomic E-state index is -0.316. The van der Waals surface area contributed by atoms with Crippen LogP contribution in [-0.2, 0) is 0 Å². The van der Waals surface area contributed by atoms with Crippen LogP contribution in [0.25, 0.3) is 0 Å². The summed E-state index contributed by atoms with van der Waals surface area (Å²) in [6, 6.07) is 9.77. The molecule has 0 aliphatic rings. The minimum Gasteiger partial charge on any atom is -0.494 e. The molecule has 20 heavy (non-hydrogen) atoms. The fourth-order valence-corrected chi connectivity index (χ4v) is 2.28. The van der Waals surface area contributed by atoms with Crippen LogP contribution in [0.2, 0.25) is 0 Å². The molecule has 0 fully saturated rings. The van der Waals surface area contributed by atoms with Gasteiger partial charge < -0.3 is 4.74 Å². The van der Waals surface area contributed by atoms with Gasteiger partial charge in [0.05, 0.1) is 6.61 Å². The highest BCUT2D eigenvalue weighted by Gasteiger charge is 2.15. The number of hydrogen-bond acceptors (Lipinski definition) is 2. The molecular formula is C17H17FO2. The number of carbonyl (C=O) groups is 1. The average molecular weight is 272 g/mol. The molecule has 0 N–H and O–H groups in total. The maximum absolute atomic E-state index is 13.3. The maximum atomic E-state index is 13.3. The number of ketones is 1. The van der Waals surface area contributed by atoms with Crippen LogP contribution in [0.5, 0.6) is 5.75 Å². The van der Waals surface area contributed by atoms with Crippen LogP contribution in [0.1, 0.15) is 34.0 Å². The Morgan fingerprint density at radius 3 is 2.15 bits per heavy atom. The van der Waals surface area contributed by atoms with E-state index in [4.69, 9.17) is 4.74 Å². The van der Waals surface area contributed by atoms with Gasteiger partial charge in [0.15, 0.2) is 5.78 Å². The number of aryl methyl sites for hydroxylation is 2. The lowest BCUT2D eigenvalue weighted by atomic mass is 9.95. The van der Waals surface area contributed by atoms with Crippen LogP contribution >= 0.6 is 0 Å². The lowest BCUT2D eigenvalue weighted by molar-refractivity contribution is 0.103. The highest BCUT2D eigenvalue weighted by Crippen LogP contribution is 2.21. The van der Waals surface area contributed by atoms with Crippen LogP contribution in [0.3, 0.4) is 0 Å². The van der Waals surface area contributed by atoms with Gasteiger partial charge in [0.1, 0.15) is 11.6 Å². The summed E-state index contributed by atoms with van der Waals surface area (Å²) in [6.45, 7) is 5.99. The molecule has 0 heterocycles. The number of benzene rings is 2. The predicted molar refractivity (Wildman–Crippen MR) is 76.9 cm³/mol. The van der Waals surface area contributed by atoms with Gasteiger partial charge in [-0.15, -0.1) is 0 Å². The number of hydrogen-bond donors (Lipinski definition) is 0. The summed E-state index contributed by atoms with van der Waals surface area (Å²) >= 11 is 0. The van der Waals surface area contributed by atoms with Crippen LogP contribution in [0.4, 0.5) is 4.39 Å². The first kappa shape index (κ1) is 14.3. The van der Waals surface area contributed by atoms with Gasteiger partial charge in [0.25, 0.3) is 0 Å². The third-order valence-corrected chi connectivity index (χ3v) is 3.15. The Kier molecular flexibility index (Phi) is 4.18. The van der Waals surface area contributed by atoms with Gasteiger partial charge in [-0.25, -0.2) is 4.39 Å². The molecule has 0 aromatic heterocycles. The smallest absolute Gasteiger partial charge is 0.193 e. The fraction of sp³-hybridized carbons (Fsp3) is 0.235. The molecule has 0 saturated carbocycles. The van der Waals surface area contributed by atoms with Crippen molar-refractivity contribution in [1.29, 1.82) is 0 Å². The topological polar surface area (TPSA) is 26.3 Å². The third kappa shape index (κ3) is 2.87. The van der Waals surface area contributed by atoms with Crippen LogP contribution in [0.15, 0.2) is 36.4 Å². The second-order valence-corrected chi connectivity index (χ2v) is 4.70. The lowest BCUT2D eigenvalue weighted by Gasteiger charge is -2.10. The number of ether oxygens (including phenoxy) is 1. The summed E-state index contributed by atoms with van der Waals surface area (Å²) in [6.07, 6.45) is 0. The molecule has 2 aromatic carbocycles. The quantitative estimate of drug-likeness (QED) is 0.784. The van der Waals surface area contributed by atoms with E-state index in [1.165, 1.54) is 12.1 Å². The number of carbonyl (C=O) groups excluding carboxylic acids is 1. The van der Waals surface area contributed by atoms with Gasteiger partial charge in [-0.05, 0) is 68.3 Å². The van der Waals surface area contributed by atoms with Crippen molar-refractivity contribution >= 4 is 5.78 Å². The number of rotatable bonds is 4. The van der Waals surface area contributed by atoms with E-state index < -0.39 is 0 Å². The molecule has 0 radical (unpaired) electrons. The van der Waals surface area contributed by atoms with E-state index in [9.17, 15) is 9.18 Å². The van der Waals surface area contributed by atoms with E-state index in [-0.39, 0.29) is 11.6 Å². The summed E-state index contributed by atoms with van der Waals surface area (Å²) in [5.41, 5.74) is 2.45. The Balaban J connectivity index is 2.36. The molecule has 0 unspecified atom stereocenters. The Bertz CT molecular complexity index is 607. The predicted octanol–water partition coefficient (Wildman–Crippen LogP) is 4.07. The lowest BCUT2D eigenvalue weighted by Crippen LogP contribution is -2.07. The second-order valence-electron chi connectivity index (χ2n) is 4.70. The largest absolute Gasteiger partial charge is 0.494 e. The van der Waals surface area contributed by atoms with Crippen molar-refractivity contribution in [3.63, 3.8) is 0 Å². The van der Waals surface area contributed by atoms with Crippen molar-refractivity contribution in [2.24, 2.45) is 0 Å². The average Bonchev–Trinajstić information content (AvgIpc) is 2.38. The van der Waals surface area contributed by atoms with Crippen molar-refractivity contribution in [2.45, 2.75) is 20.8 Å². The SMILES string of the molecule is CCOc1ccc(C(=O)c2c(C)cc(F)cc2C)cc1. The molecular weight excluding hydrogens is 255 g/mol.